The lowest BCUT2D eigenvalue weighted by molar-refractivity contribution is 0.581. The molecule has 0 fully saturated rings. The molecule has 7 nitrogen and oxygen atoms in total. The summed E-state index contributed by atoms with van der Waals surface area (Å²) in [6.45, 7) is 1.82. The average Bonchev–Trinajstić information content (AvgIpc) is 3.18. The fourth-order valence-corrected chi connectivity index (χ4v) is 3.72. The monoisotopic (exact) mass is 406 g/mol. The van der Waals surface area contributed by atoms with Gasteiger partial charge in [-0.1, -0.05) is 36.4 Å². The second-order valence-electron chi connectivity index (χ2n) is 6.74. The first-order valence-corrected chi connectivity index (χ1v) is 10.9. The Hall–Kier alpha value is -3.39. The summed E-state index contributed by atoms with van der Waals surface area (Å²) >= 11 is 0. The molecule has 0 aliphatic rings. The summed E-state index contributed by atoms with van der Waals surface area (Å²) < 4.78 is 29.0. The minimum atomic E-state index is -3.13. The Labute approximate surface area is 168 Å². The van der Waals surface area contributed by atoms with Gasteiger partial charge in [-0.3, -0.25) is 4.98 Å². The van der Waals surface area contributed by atoms with Gasteiger partial charge in [0.05, 0.1) is 23.3 Å². The van der Waals surface area contributed by atoms with Crippen molar-refractivity contribution in [3.63, 3.8) is 0 Å². The lowest BCUT2D eigenvalue weighted by atomic mass is 10.1. The van der Waals surface area contributed by atoms with Crippen molar-refractivity contribution >= 4 is 9.84 Å². The van der Waals surface area contributed by atoms with Crippen molar-refractivity contribution in [1.29, 1.82) is 0 Å². The maximum absolute atomic E-state index is 11.6. The predicted molar refractivity (Wildman–Crippen MR) is 109 cm³/mol. The number of hydrogen-bond acceptors (Lipinski definition) is 7. The summed E-state index contributed by atoms with van der Waals surface area (Å²) in [4.78, 5) is 9.06. The van der Waals surface area contributed by atoms with E-state index in [4.69, 9.17) is 4.42 Å². The molecule has 0 saturated heterocycles. The van der Waals surface area contributed by atoms with Gasteiger partial charge in [0.2, 0.25) is 5.89 Å². The third kappa shape index (κ3) is 4.38. The van der Waals surface area contributed by atoms with Crippen LogP contribution in [0.5, 0.6) is 0 Å². The first-order chi connectivity index (χ1) is 13.9. The van der Waals surface area contributed by atoms with Gasteiger partial charge in [0, 0.05) is 17.4 Å². The molecule has 0 atom stereocenters. The van der Waals surface area contributed by atoms with Gasteiger partial charge in [-0.25, -0.2) is 13.4 Å². The molecule has 0 N–H and O–H groups in total. The van der Waals surface area contributed by atoms with E-state index in [-0.39, 0.29) is 11.6 Å². The minimum Gasteiger partial charge on any atom is -0.415 e. The fraction of sp³-hybridized carbons (Fsp3) is 0.143. The average molecular weight is 406 g/mol. The van der Waals surface area contributed by atoms with Crippen LogP contribution < -0.4 is 0 Å². The number of benzene rings is 2. The van der Waals surface area contributed by atoms with Crippen LogP contribution in [-0.4, -0.2) is 34.8 Å². The van der Waals surface area contributed by atoms with Gasteiger partial charge in [-0.05, 0) is 30.7 Å². The molecule has 4 rings (SSSR count). The maximum Gasteiger partial charge on any atom is 0.268 e. The number of hydrogen-bond donors (Lipinski definition) is 0. The zero-order chi connectivity index (χ0) is 20.4. The van der Waals surface area contributed by atoms with Crippen LogP contribution in [0.15, 0.2) is 65.2 Å². The van der Waals surface area contributed by atoms with Crippen molar-refractivity contribution < 1.29 is 12.8 Å². The highest BCUT2D eigenvalue weighted by molar-refractivity contribution is 7.89. The predicted octanol–water partition coefficient (Wildman–Crippen LogP) is 3.71. The Morgan fingerprint density at radius 1 is 0.931 bits per heavy atom. The van der Waals surface area contributed by atoms with Gasteiger partial charge in [-0.15, -0.1) is 10.2 Å². The summed E-state index contributed by atoms with van der Waals surface area (Å²) in [5.41, 5.74) is 4.03. The summed E-state index contributed by atoms with van der Waals surface area (Å²) in [6.07, 6.45) is 2.86. The van der Waals surface area contributed by atoms with Gasteiger partial charge in [0.1, 0.15) is 5.69 Å². The molecule has 0 spiro atoms. The van der Waals surface area contributed by atoms with Gasteiger partial charge in [0.15, 0.2) is 9.84 Å². The number of rotatable bonds is 5. The highest BCUT2D eigenvalue weighted by atomic mass is 32.2. The summed E-state index contributed by atoms with van der Waals surface area (Å²) in [7, 11) is -3.13. The summed E-state index contributed by atoms with van der Waals surface area (Å²) in [5, 5.41) is 8.24. The molecule has 0 aliphatic heterocycles. The number of sulfone groups is 1. The molecule has 2 heterocycles. The quantitative estimate of drug-likeness (QED) is 0.498. The van der Waals surface area contributed by atoms with E-state index >= 15 is 0 Å². The minimum absolute atomic E-state index is 0.0307. The van der Waals surface area contributed by atoms with Gasteiger partial charge in [0.25, 0.3) is 5.89 Å². The second-order valence-corrected chi connectivity index (χ2v) is 8.88. The fourth-order valence-electron chi connectivity index (χ4n) is 2.93. The van der Waals surface area contributed by atoms with Crippen molar-refractivity contribution in [3.8, 4) is 34.3 Å². The van der Waals surface area contributed by atoms with E-state index in [0.29, 0.717) is 28.5 Å². The molecule has 0 unspecified atom stereocenters. The molecule has 0 saturated carbocycles. The number of nitrogens with zero attached hydrogens (tertiary/aromatic N) is 4. The van der Waals surface area contributed by atoms with Crippen molar-refractivity contribution in [2.24, 2.45) is 0 Å². The molecule has 146 valence electrons. The first-order valence-electron chi connectivity index (χ1n) is 8.89. The van der Waals surface area contributed by atoms with Crippen LogP contribution in [0, 0.1) is 6.92 Å². The zero-order valence-electron chi connectivity index (χ0n) is 15.9. The SMILES string of the molecule is Cc1ncc(-c2cccc(CS(C)(=O)=O)c2)nc1-c1nnc(-c2ccccc2)o1. The van der Waals surface area contributed by atoms with Crippen molar-refractivity contribution in [3.05, 3.63) is 72.1 Å². The van der Waals surface area contributed by atoms with Crippen molar-refractivity contribution in [2.75, 3.05) is 6.26 Å². The Balaban J connectivity index is 1.71. The van der Waals surface area contributed by atoms with Crippen LogP contribution in [-0.2, 0) is 15.6 Å². The number of aromatic nitrogens is 4. The second kappa shape index (κ2) is 7.56. The van der Waals surface area contributed by atoms with E-state index in [1.54, 1.807) is 24.4 Å². The summed E-state index contributed by atoms with van der Waals surface area (Å²) in [6, 6.07) is 16.7. The van der Waals surface area contributed by atoms with E-state index in [1.165, 1.54) is 6.26 Å². The molecule has 2 aromatic heterocycles. The smallest absolute Gasteiger partial charge is 0.268 e. The Morgan fingerprint density at radius 2 is 1.66 bits per heavy atom. The highest BCUT2D eigenvalue weighted by Gasteiger charge is 2.16. The largest absolute Gasteiger partial charge is 0.415 e. The van der Waals surface area contributed by atoms with E-state index < -0.39 is 9.84 Å². The first kappa shape index (κ1) is 18.9. The Morgan fingerprint density at radius 3 is 2.41 bits per heavy atom. The van der Waals surface area contributed by atoms with E-state index in [0.717, 1.165) is 11.1 Å². The Kier molecular flexibility index (Phi) is 4.94. The molecule has 29 heavy (non-hydrogen) atoms. The molecule has 0 bridgehead atoms. The lowest BCUT2D eigenvalue weighted by Gasteiger charge is -2.06. The molecule has 8 heteroatoms. The normalized spacial score (nSPS) is 11.5. The molecule has 4 aromatic rings. The van der Waals surface area contributed by atoms with Crippen molar-refractivity contribution in [2.45, 2.75) is 12.7 Å². The van der Waals surface area contributed by atoms with Crippen LogP contribution >= 0.6 is 0 Å². The van der Waals surface area contributed by atoms with E-state index in [2.05, 4.69) is 20.2 Å². The molecule has 2 aromatic carbocycles. The molecular weight excluding hydrogens is 388 g/mol. The Bertz CT molecular complexity index is 1270. The van der Waals surface area contributed by atoms with Crippen LogP contribution in [0.4, 0.5) is 0 Å². The van der Waals surface area contributed by atoms with Gasteiger partial charge in [-0.2, -0.15) is 0 Å². The van der Waals surface area contributed by atoms with Crippen LogP contribution in [0.25, 0.3) is 34.3 Å². The molecule has 0 aliphatic carbocycles. The molecule has 0 amide bonds. The van der Waals surface area contributed by atoms with E-state index in [1.807, 2.05) is 43.3 Å². The van der Waals surface area contributed by atoms with Crippen LogP contribution in [0.2, 0.25) is 0 Å². The maximum atomic E-state index is 11.6. The lowest BCUT2D eigenvalue weighted by Crippen LogP contribution is -2.01. The number of aryl methyl sites for hydroxylation is 1. The molecular formula is C21H18N4O3S. The summed E-state index contributed by atoms with van der Waals surface area (Å²) in [5.74, 6) is 0.655. The van der Waals surface area contributed by atoms with Gasteiger partial charge < -0.3 is 4.42 Å². The molecule has 0 radical (unpaired) electrons. The van der Waals surface area contributed by atoms with Crippen molar-refractivity contribution in [1.82, 2.24) is 20.2 Å². The third-order valence-electron chi connectivity index (χ3n) is 4.26. The van der Waals surface area contributed by atoms with E-state index in [9.17, 15) is 8.42 Å². The standard InChI is InChI=1S/C21H18N4O3S/c1-14-19(21-25-24-20(28-21)16-8-4-3-5-9-16)23-18(12-22-14)17-10-6-7-15(11-17)13-29(2,26)27/h3-12H,13H2,1-2H3. The van der Waals surface area contributed by atoms with Crippen LogP contribution in [0.1, 0.15) is 11.3 Å². The highest BCUT2D eigenvalue weighted by Crippen LogP contribution is 2.27. The van der Waals surface area contributed by atoms with Crippen LogP contribution in [0.3, 0.4) is 0 Å². The van der Waals surface area contributed by atoms with Gasteiger partial charge >= 0.3 is 0 Å². The third-order valence-corrected chi connectivity index (χ3v) is 5.11. The topological polar surface area (TPSA) is 98.8 Å². The zero-order valence-corrected chi connectivity index (χ0v) is 16.7.